The van der Waals surface area contributed by atoms with Gasteiger partial charge in [0.2, 0.25) is 0 Å². The molecule has 0 heterocycles. The van der Waals surface area contributed by atoms with Gasteiger partial charge < -0.3 is 4.90 Å². The van der Waals surface area contributed by atoms with Gasteiger partial charge in [-0.2, -0.15) is 0 Å². The summed E-state index contributed by atoms with van der Waals surface area (Å²) in [4.78, 5) is 13.9. The molecule has 88 valence electrons. The number of rotatable bonds is 3. The average Bonchev–Trinajstić information content (AvgIpc) is 2.13. The second-order valence-electron chi connectivity index (χ2n) is 4.96. The Balaban J connectivity index is 2.87. The van der Waals surface area contributed by atoms with Crippen molar-refractivity contribution in [3.8, 4) is 0 Å². The first-order valence-corrected chi connectivity index (χ1v) is 5.74. The molecule has 0 N–H and O–H groups in total. The van der Waals surface area contributed by atoms with Crippen LogP contribution < -0.4 is 0 Å². The van der Waals surface area contributed by atoms with Gasteiger partial charge in [0.15, 0.2) is 0 Å². The maximum Gasteiger partial charge on any atom is 0.253 e. The van der Waals surface area contributed by atoms with Crippen molar-refractivity contribution in [1.29, 1.82) is 0 Å². The molecule has 0 spiro atoms. The number of benzene rings is 1. The predicted octanol–water partition coefficient (Wildman–Crippen LogP) is 3.03. The van der Waals surface area contributed by atoms with E-state index < -0.39 is 0 Å². The summed E-state index contributed by atoms with van der Waals surface area (Å²) in [6.45, 7) is 9.07. The van der Waals surface area contributed by atoms with Gasteiger partial charge in [0.1, 0.15) is 0 Å². The van der Waals surface area contributed by atoms with Crippen molar-refractivity contribution in [3.05, 3.63) is 34.9 Å². The highest BCUT2D eigenvalue weighted by Crippen LogP contribution is 2.11. The lowest BCUT2D eigenvalue weighted by molar-refractivity contribution is 0.0779. The molecule has 0 aliphatic heterocycles. The van der Waals surface area contributed by atoms with Gasteiger partial charge in [-0.1, -0.05) is 31.0 Å². The van der Waals surface area contributed by atoms with Crippen molar-refractivity contribution < 1.29 is 4.79 Å². The van der Waals surface area contributed by atoms with Crippen LogP contribution in [0.1, 0.15) is 35.3 Å². The fourth-order valence-electron chi connectivity index (χ4n) is 1.95. The van der Waals surface area contributed by atoms with Crippen molar-refractivity contribution in [1.82, 2.24) is 4.90 Å². The highest BCUT2D eigenvalue weighted by atomic mass is 16.2. The second kappa shape index (κ2) is 5.15. The molecule has 0 saturated heterocycles. The molecule has 0 bridgehead atoms. The molecule has 1 aromatic carbocycles. The average molecular weight is 219 g/mol. The van der Waals surface area contributed by atoms with E-state index in [0.717, 1.165) is 23.2 Å². The van der Waals surface area contributed by atoms with Gasteiger partial charge in [0, 0.05) is 19.2 Å². The van der Waals surface area contributed by atoms with Crippen LogP contribution in [0.25, 0.3) is 0 Å². The predicted molar refractivity (Wildman–Crippen MR) is 67.7 cm³/mol. The molecule has 0 aromatic heterocycles. The van der Waals surface area contributed by atoms with E-state index >= 15 is 0 Å². The van der Waals surface area contributed by atoms with Crippen LogP contribution in [-0.2, 0) is 0 Å². The summed E-state index contributed by atoms with van der Waals surface area (Å²) < 4.78 is 0. The molecule has 0 saturated carbocycles. The Labute approximate surface area is 98.3 Å². The molecule has 0 aliphatic rings. The van der Waals surface area contributed by atoms with Gasteiger partial charge in [-0.3, -0.25) is 4.79 Å². The summed E-state index contributed by atoms with van der Waals surface area (Å²) in [7, 11) is 1.86. The van der Waals surface area contributed by atoms with Crippen molar-refractivity contribution in [2.75, 3.05) is 13.6 Å². The van der Waals surface area contributed by atoms with Gasteiger partial charge in [-0.05, 0) is 31.9 Å². The van der Waals surface area contributed by atoms with Crippen LogP contribution in [0.15, 0.2) is 18.2 Å². The Hall–Kier alpha value is -1.31. The fraction of sp³-hybridized carbons (Fsp3) is 0.500. The number of aryl methyl sites for hydroxylation is 2. The smallest absolute Gasteiger partial charge is 0.253 e. The third kappa shape index (κ3) is 3.37. The summed E-state index contributed by atoms with van der Waals surface area (Å²) in [6, 6.07) is 5.98. The van der Waals surface area contributed by atoms with Crippen LogP contribution in [0.3, 0.4) is 0 Å². The SMILES string of the molecule is Cc1cc(C)cc(C(=O)N(C)CC(C)C)c1. The Kier molecular flexibility index (Phi) is 4.11. The Morgan fingerprint density at radius 3 is 2.12 bits per heavy atom. The molecule has 2 nitrogen and oxygen atoms in total. The van der Waals surface area contributed by atoms with Crippen LogP contribution in [-0.4, -0.2) is 24.4 Å². The van der Waals surface area contributed by atoms with Crippen LogP contribution in [0.2, 0.25) is 0 Å². The Morgan fingerprint density at radius 1 is 1.19 bits per heavy atom. The minimum absolute atomic E-state index is 0.112. The van der Waals surface area contributed by atoms with E-state index in [1.165, 1.54) is 0 Å². The van der Waals surface area contributed by atoms with Crippen molar-refractivity contribution in [2.45, 2.75) is 27.7 Å². The molecule has 1 aromatic rings. The van der Waals surface area contributed by atoms with Crippen molar-refractivity contribution >= 4 is 5.91 Å². The first-order chi connectivity index (χ1) is 7.40. The molecule has 2 heteroatoms. The van der Waals surface area contributed by atoms with E-state index in [-0.39, 0.29) is 5.91 Å². The summed E-state index contributed by atoms with van der Waals surface area (Å²) in [5.74, 6) is 0.611. The van der Waals surface area contributed by atoms with Gasteiger partial charge in [-0.15, -0.1) is 0 Å². The standard InChI is InChI=1S/C14H21NO/c1-10(2)9-15(5)14(16)13-7-11(3)6-12(4)8-13/h6-8,10H,9H2,1-5H3. The number of amides is 1. The zero-order chi connectivity index (χ0) is 12.3. The molecule has 0 unspecified atom stereocenters. The molecule has 1 rings (SSSR count). The molecule has 0 aliphatic carbocycles. The van der Waals surface area contributed by atoms with Crippen molar-refractivity contribution in [3.63, 3.8) is 0 Å². The molecule has 16 heavy (non-hydrogen) atoms. The summed E-state index contributed by atoms with van der Waals surface area (Å²) >= 11 is 0. The number of carbonyl (C=O) groups is 1. The van der Waals surface area contributed by atoms with Crippen molar-refractivity contribution in [2.24, 2.45) is 5.92 Å². The Morgan fingerprint density at radius 2 is 1.69 bits per heavy atom. The molecule has 1 amide bonds. The lowest BCUT2D eigenvalue weighted by Gasteiger charge is -2.19. The van der Waals surface area contributed by atoms with E-state index in [9.17, 15) is 4.79 Å². The quantitative estimate of drug-likeness (QED) is 0.765. The zero-order valence-corrected chi connectivity index (χ0v) is 10.9. The maximum absolute atomic E-state index is 12.1. The number of carbonyl (C=O) groups excluding carboxylic acids is 1. The molecular weight excluding hydrogens is 198 g/mol. The molecule has 0 atom stereocenters. The number of hydrogen-bond donors (Lipinski definition) is 0. The van der Waals surface area contributed by atoms with Crippen LogP contribution in [0, 0.1) is 19.8 Å². The van der Waals surface area contributed by atoms with Crippen LogP contribution >= 0.6 is 0 Å². The first-order valence-electron chi connectivity index (χ1n) is 5.74. The van der Waals surface area contributed by atoms with Gasteiger partial charge in [-0.25, -0.2) is 0 Å². The molecule has 0 radical (unpaired) electrons. The van der Waals surface area contributed by atoms with E-state index in [1.54, 1.807) is 4.90 Å². The zero-order valence-electron chi connectivity index (χ0n) is 10.9. The fourth-order valence-corrected chi connectivity index (χ4v) is 1.95. The number of nitrogens with zero attached hydrogens (tertiary/aromatic N) is 1. The summed E-state index contributed by atoms with van der Waals surface area (Å²) in [6.07, 6.45) is 0. The van der Waals surface area contributed by atoms with Gasteiger partial charge in [0.05, 0.1) is 0 Å². The normalized spacial score (nSPS) is 10.6. The lowest BCUT2D eigenvalue weighted by Crippen LogP contribution is -2.30. The minimum Gasteiger partial charge on any atom is -0.341 e. The third-order valence-electron chi connectivity index (χ3n) is 2.45. The van der Waals surface area contributed by atoms with Gasteiger partial charge in [0.25, 0.3) is 5.91 Å². The highest BCUT2D eigenvalue weighted by molar-refractivity contribution is 5.94. The lowest BCUT2D eigenvalue weighted by atomic mass is 10.1. The maximum atomic E-state index is 12.1. The van der Waals surface area contributed by atoms with E-state index in [2.05, 4.69) is 19.9 Å². The third-order valence-corrected chi connectivity index (χ3v) is 2.45. The molecule has 0 fully saturated rings. The topological polar surface area (TPSA) is 20.3 Å². The van der Waals surface area contributed by atoms with Gasteiger partial charge >= 0.3 is 0 Å². The summed E-state index contributed by atoms with van der Waals surface area (Å²) in [5, 5.41) is 0. The number of hydrogen-bond acceptors (Lipinski definition) is 1. The molecular formula is C14H21NO. The van der Waals surface area contributed by atoms with E-state index in [4.69, 9.17) is 0 Å². The highest BCUT2D eigenvalue weighted by Gasteiger charge is 2.13. The monoisotopic (exact) mass is 219 g/mol. The largest absolute Gasteiger partial charge is 0.341 e. The van der Waals surface area contributed by atoms with Crippen LogP contribution in [0.5, 0.6) is 0 Å². The van der Waals surface area contributed by atoms with E-state index in [0.29, 0.717) is 5.92 Å². The minimum atomic E-state index is 0.112. The Bertz CT molecular complexity index is 362. The van der Waals surface area contributed by atoms with E-state index in [1.807, 2.05) is 33.0 Å². The first kappa shape index (κ1) is 12.8. The summed E-state index contributed by atoms with van der Waals surface area (Å²) in [5.41, 5.74) is 3.07. The van der Waals surface area contributed by atoms with Crippen LogP contribution in [0.4, 0.5) is 0 Å². The second-order valence-corrected chi connectivity index (χ2v) is 4.96.